The van der Waals surface area contributed by atoms with Gasteiger partial charge in [-0.15, -0.1) is 0 Å². The van der Waals surface area contributed by atoms with Crippen molar-refractivity contribution in [1.29, 1.82) is 0 Å². The Labute approximate surface area is 183 Å². The zero-order chi connectivity index (χ0) is 21.7. The topological polar surface area (TPSA) is 82.9 Å². The number of rotatable bonds is 7. The van der Waals surface area contributed by atoms with Crippen LogP contribution in [-0.4, -0.2) is 56.3 Å². The first-order chi connectivity index (χ1) is 15.0. The maximum absolute atomic E-state index is 12.5. The van der Waals surface area contributed by atoms with Crippen LogP contribution < -0.4 is 4.72 Å². The second-order valence-corrected chi connectivity index (χ2v) is 9.87. The first-order valence-corrected chi connectivity index (χ1v) is 12.3. The van der Waals surface area contributed by atoms with Gasteiger partial charge in [0.05, 0.1) is 17.7 Å². The van der Waals surface area contributed by atoms with Gasteiger partial charge in [0.15, 0.2) is 0 Å². The summed E-state index contributed by atoms with van der Waals surface area (Å²) < 4.78 is 32.4. The largest absolute Gasteiger partial charge is 0.468 e. The molecule has 0 unspecified atom stereocenters. The van der Waals surface area contributed by atoms with Gasteiger partial charge in [-0.1, -0.05) is 25.0 Å². The molecule has 2 fully saturated rings. The number of carbonyl (C=O) groups is 1. The summed E-state index contributed by atoms with van der Waals surface area (Å²) in [4.78, 5) is 17.1. The predicted molar refractivity (Wildman–Crippen MR) is 119 cm³/mol. The van der Waals surface area contributed by atoms with Gasteiger partial charge >= 0.3 is 0 Å². The van der Waals surface area contributed by atoms with Crippen molar-refractivity contribution < 1.29 is 17.6 Å². The number of hydrogen-bond acceptors (Lipinski definition) is 5. The van der Waals surface area contributed by atoms with Crippen molar-refractivity contribution in [1.82, 2.24) is 14.5 Å². The molecule has 1 aliphatic heterocycles. The lowest BCUT2D eigenvalue weighted by molar-refractivity contribution is -0.127. The molecular formula is C23H29N3O4S. The van der Waals surface area contributed by atoms with Gasteiger partial charge in [0, 0.05) is 38.3 Å². The highest BCUT2D eigenvalue weighted by Crippen LogP contribution is 2.24. The minimum absolute atomic E-state index is 0.00267. The average Bonchev–Trinajstić information content (AvgIpc) is 3.51. The van der Waals surface area contributed by atoms with E-state index >= 15 is 0 Å². The summed E-state index contributed by atoms with van der Waals surface area (Å²) >= 11 is 0. The van der Waals surface area contributed by atoms with Gasteiger partial charge in [-0.2, -0.15) is 0 Å². The summed E-state index contributed by atoms with van der Waals surface area (Å²) in [5, 5.41) is 0. The molecule has 2 aliphatic rings. The molecule has 31 heavy (non-hydrogen) atoms. The molecule has 1 aromatic carbocycles. The standard InChI is InChI=1S/C23H29N3O4S/c27-23(26-15-13-25(14-16-26)20-4-1-2-5-20)12-9-19-7-10-22(11-8-19)31(28,29)24-18-21-6-3-17-30-21/h3,6-12,17,20,24H,1-2,4-5,13-16,18H2/b12-9+. The summed E-state index contributed by atoms with van der Waals surface area (Å²) in [7, 11) is -3.63. The van der Waals surface area contributed by atoms with Crippen molar-refractivity contribution in [3.8, 4) is 0 Å². The molecule has 1 N–H and O–H groups in total. The molecule has 2 heterocycles. The Balaban J connectivity index is 1.28. The average molecular weight is 444 g/mol. The minimum Gasteiger partial charge on any atom is -0.468 e. The number of hydrogen-bond donors (Lipinski definition) is 1. The number of carbonyl (C=O) groups excluding carboxylic acids is 1. The first-order valence-electron chi connectivity index (χ1n) is 10.8. The molecule has 7 nitrogen and oxygen atoms in total. The molecule has 2 aromatic rings. The van der Waals surface area contributed by atoms with Crippen LogP contribution >= 0.6 is 0 Å². The highest BCUT2D eigenvalue weighted by atomic mass is 32.2. The highest BCUT2D eigenvalue weighted by Gasteiger charge is 2.27. The molecule has 8 heteroatoms. The van der Waals surface area contributed by atoms with E-state index in [4.69, 9.17) is 4.42 Å². The van der Waals surface area contributed by atoms with E-state index in [-0.39, 0.29) is 17.3 Å². The van der Waals surface area contributed by atoms with Crippen LogP contribution in [0.25, 0.3) is 6.08 Å². The summed E-state index contributed by atoms with van der Waals surface area (Å²) in [6, 6.07) is 10.6. The first kappa shape index (κ1) is 21.8. The van der Waals surface area contributed by atoms with Gasteiger partial charge in [-0.3, -0.25) is 9.69 Å². The Hall–Kier alpha value is -2.42. The summed E-state index contributed by atoms with van der Waals surface area (Å²) in [6.45, 7) is 3.51. The van der Waals surface area contributed by atoms with Gasteiger partial charge < -0.3 is 9.32 Å². The zero-order valence-corrected chi connectivity index (χ0v) is 18.4. The van der Waals surface area contributed by atoms with Crippen LogP contribution in [0.2, 0.25) is 0 Å². The van der Waals surface area contributed by atoms with Gasteiger partial charge in [0.2, 0.25) is 15.9 Å². The van der Waals surface area contributed by atoms with E-state index in [2.05, 4.69) is 9.62 Å². The summed E-state index contributed by atoms with van der Waals surface area (Å²) in [6.07, 6.45) is 10.0. The van der Waals surface area contributed by atoms with Crippen molar-refractivity contribution in [2.24, 2.45) is 0 Å². The van der Waals surface area contributed by atoms with Gasteiger partial charge in [-0.05, 0) is 48.7 Å². The van der Waals surface area contributed by atoms with Crippen LogP contribution in [0, 0.1) is 0 Å². The molecular weight excluding hydrogens is 414 g/mol. The maximum Gasteiger partial charge on any atom is 0.246 e. The minimum atomic E-state index is -3.63. The monoisotopic (exact) mass is 443 g/mol. The zero-order valence-electron chi connectivity index (χ0n) is 17.6. The third-order valence-corrected chi connectivity index (χ3v) is 7.51. The molecule has 166 valence electrons. The quantitative estimate of drug-likeness (QED) is 0.666. The Kier molecular flexibility index (Phi) is 6.89. The highest BCUT2D eigenvalue weighted by molar-refractivity contribution is 7.89. The van der Waals surface area contributed by atoms with E-state index in [1.54, 1.807) is 36.4 Å². The van der Waals surface area contributed by atoms with Crippen LogP contribution in [-0.2, 0) is 21.4 Å². The molecule has 4 rings (SSSR count). The van der Waals surface area contributed by atoms with E-state index in [0.717, 1.165) is 31.7 Å². The number of nitrogens with zero attached hydrogens (tertiary/aromatic N) is 2. The Morgan fingerprint density at radius 2 is 1.77 bits per heavy atom. The fraction of sp³-hybridized carbons (Fsp3) is 0.435. The van der Waals surface area contributed by atoms with E-state index in [1.165, 1.54) is 44.1 Å². The SMILES string of the molecule is O=C(/C=C/c1ccc(S(=O)(=O)NCc2ccco2)cc1)N1CCN(C2CCCC2)CC1. The van der Waals surface area contributed by atoms with Crippen molar-refractivity contribution >= 4 is 22.0 Å². The van der Waals surface area contributed by atoms with E-state index in [0.29, 0.717) is 11.8 Å². The Bertz CT molecular complexity index is 986. The third kappa shape index (κ3) is 5.64. The predicted octanol–water partition coefficient (Wildman–Crippen LogP) is 2.86. The smallest absolute Gasteiger partial charge is 0.246 e. The van der Waals surface area contributed by atoms with Crippen LogP contribution in [0.3, 0.4) is 0 Å². The summed E-state index contributed by atoms with van der Waals surface area (Å²) in [5.41, 5.74) is 0.780. The maximum atomic E-state index is 12.5. The van der Waals surface area contributed by atoms with Crippen molar-refractivity contribution in [3.05, 3.63) is 60.1 Å². The fourth-order valence-electron chi connectivity index (χ4n) is 4.27. The fourth-order valence-corrected chi connectivity index (χ4v) is 5.26. The normalized spacial score (nSPS) is 18.8. The lowest BCUT2D eigenvalue weighted by Crippen LogP contribution is -2.51. The van der Waals surface area contributed by atoms with Gasteiger partial charge in [0.1, 0.15) is 5.76 Å². The van der Waals surface area contributed by atoms with Crippen molar-refractivity contribution in [2.75, 3.05) is 26.2 Å². The Morgan fingerprint density at radius 3 is 2.42 bits per heavy atom. The number of sulfonamides is 1. The molecule has 1 saturated carbocycles. The van der Waals surface area contributed by atoms with E-state index < -0.39 is 10.0 Å². The van der Waals surface area contributed by atoms with Gasteiger partial charge in [0.25, 0.3) is 0 Å². The lowest BCUT2D eigenvalue weighted by atomic mass is 10.1. The number of piperazine rings is 1. The number of benzene rings is 1. The molecule has 1 amide bonds. The summed E-state index contributed by atoms with van der Waals surface area (Å²) in [5.74, 6) is 0.550. The number of nitrogens with one attached hydrogen (secondary N) is 1. The van der Waals surface area contributed by atoms with E-state index in [9.17, 15) is 13.2 Å². The Morgan fingerprint density at radius 1 is 1.06 bits per heavy atom. The lowest BCUT2D eigenvalue weighted by Gasteiger charge is -2.37. The molecule has 0 spiro atoms. The van der Waals surface area contributed by atoms with Crippen LogP contribution in [0.15, 0.2) is 58.1 Å². The van der Waals surface area contributed by atoms with Crippen LogP contribution in [0.4, 0.5) is 0 Å². The molecule has 0 atom stereocenters. The van der Waals surface area contributed by atoms with Gasteiger partial charge in [-0.25, -0.2) is 13.1 Å². The van der Waals surface area contributed by atoms with Crippen LogP contribution in [0.5, 0.6) is 0 Å². The molecule has 1 aromatic heterocycles. The van der Waals surface area contributed by atoms with Crippen molar-refractivity contribution in [3.63, 3.8) is 0 Å². The van der Waals surface area contributed by atoms with Crippen molar-refractivity contribution in [2.45, 2.75) is 43.2 Å². The van der Waals surface area contributed by atoms with E-state index in [1.807, 2.05) is 4.90 Å². The molecule has 1 aliphatic carbocycles. The second kappa shape index (κ2) is 9.80. The van der Waals surface area contributed by atoms with Crippen LogP contribution in [0.1, 0.15) is 37.0 Å². The molecule has 1 saturated heterocycles. The number of furan rings is 1. The molecule has 0 radical (unpaired) electrons. The second-order valence-electron chi connectivity index (χ2n) is 8.11. The third-order valence-electron chi connectivity index (χ3n) is 6.09. The molecule has 0 bridgehead atoms. The number of amides is 1.